The Bertz CT molecular complexity index is 1330. The molecule has 0 atom stereocenters. The summed E-state index contributed by atoms with van der Waals surface area (Å²) >= 11 is 0. The summed E-state index contributed by atoms with van der Waals surface area (Å²) in [5.41, 5.74) is 6.31. The lowest BCUT2D eigenvalue weighted by Gasteiger charge is -2.10. The summed E-state index contributed by atoms with van der Waals surface area (Å²) in [6.45, 7) is 1.77. The highest BCUT2D eigenvalue weighted by atomic mass is 16.5. The molecule has 0 aliphatic carbocycles. The molecule has 0 saturated heterocycles. The van der Waals surface area contributed by atoms with Crippen LogP contribution in [-0.4, -0.2) is 18.6 Å². The Labute approximate surface area is 182 Å². The fraction of sp³-hybridized carbons (Fsp3) is 0.143. The van der Waals surface area contributed by atoms with E-state index in [9.17, 15) is 0 Å². The van der Waals surface area contributed by atoms with Crippen LogP contribution in [0.25, 0.3) is 32.8 Å². The molecule has 2 N–H and O–H groups in total. The van der Waals surface area contributed by atoms with Crippen molar-refractivity contribution in [3.8, 4) is 16.9 Å². The second-order valence-corrected chi connectivity index (χ2v) is 7.88. The quantitative estimate of drug-likeness (QED) is 0.310. The van der Waals surface area contributed by atoms with Crippen molar-refractivity contribution < 1.29 is 4.74 Å². The molecule has 3 nitrogen and oxygen atoms in total. The number of ether oxygens (including phenoxy) is 1. The second-order valence-electron chi connectivity index (χ2n) is 7.88. The predicted octanol–water partition coefficient (Wildman–Crippen LogP) is 6.33. The summed E-state index contributed by atoms with van der Waals surface area (Å²) in [7, 11) is 1.71. The minimum Gasteiger partial charge on any atom is -0.497 e. The van der Waals surface area contributed by atoms with Gasteiger partial charge in [0.15, 0.2) is 0 Å². The first-order valence-corrected chi connectivity index (χ1v) is 10.7. The summed E-state index contributed by atoms with van der Waals surface area (Å²) in [5.74, 6) is 0.895. The van der Waals surface area contributed by atoms with Crippen molar-refractivity contribution in [2.24, 2.45) is 0 Å². The van der Waals surface area contributed by atoms with Gasteiger partial charge in [0.1, 0.15) is 5.75 Å². The molecular formula is C28H26N2O. The van der Waals surface area contributed by atoms with E-state index in [-0.39, 0.29) is 0 Å². The maximum atomic E-state index is 5.38. The van der Waals surface area contributed by atoms with Crippen LogP contribution in [0.15, 0.2) is 91.1 Å². The van der Waals surface area contributed by atoms with Gasteiger partial charge in [-0.2, -0.15) is 0 Å². The second kappa shape index (κ2) is 8.66. The largest absolute Gasteiger partial charge is 0.497 e. The van der Waals surface area contributed by atoms with Gasteiger partial charge in [-0.15, -0.1) is 0 Å². The van der Waals surface area contributed by atoms with Gasteiger partial charge in [0.25, 0.3) is 0 Å². The summed E-state index contributed by atoms with van der Waals surface area (Å²) in [6, 6.07) is 30.1. The smallest absolute Gasteiger partial charge is 0.119 e. The Hall–Kier alpha value is -3.56. The van der Waals surface area contributed by atoms with Crippen molar-refractivity contribution in [2.45, 2.75) is 13.0 Å². The molecule has 3 heteroatoms. The number of fused-ring (bicyclic) bond motifs is 2. The molecule has 31 heavy (non-hydrogen) atoms. The molecule has 5 rings (SSSR count). The van der Waals surface area contributed by atoms with Crippen molar-refractivity contribution in [1.29, 1.82) is 0 Å². The maximum Gasteiger partial charge on any atom is 0.119 e. The lowest BCUT2D eigenvalue weighted by molar-refractivity contribution is 0.415. The third kappa shape index (κ3) is 4.05. The zero-order valence-electron chi connectivity index (χ0n) is 17.7. The minimum absolute atomic E-state index is 0.851. The Morgan fingerprint density at radius 2 is 1.71 bits per heavy atom. The fourth-order valence-corrected chi connectivity index (χ4v) is 4.27. The number of benzene rings is 4. The number of rotatable bonds is 7. The van der Waals surface area contributed by atoms with Gasteiger partial charge in [-0.05, 0) is 70.3 Å². The van der Waals surface area contributed by atoms with Crippen LogP contribution in [0.2, 0.25) is 0 Å². The molecule has 0 spiro atoms. The highest BCUT2D eigenvalue weighted by Crippen LogP contribution is 2.29. The van der Waals surface area contributed by atoms with E-state index in [1.165, 1.54) is 38.4 Å². The van der Waals surface area contributed by atoms with Gasteiger partial charge < -0.3 is 15.0 Å². The van der Waals surface area contributed by atoms with Crippen molar-refractivity contribution in [3.05, 3.63) is 102 Å². The molecule has 4 aromatic carbocycles. The third-order valence-electron chi connectivity index (χ3n) is 5.90. The maximum absolute atomic E-state index is 5.38. The first-order valence-electron chi connectivity index (χ1n) is 10.7. The number of aromatic amines is 1. The molecule has 0 aliphatic heterocycles. The van der Waals surface area contributed by atoms with Crippen LogP contribution < -0.4 is 10.1 Å². The molecule has 0 aliphatic rings. The molecule has 5 aromatic rings. The van der Waals surface area contributed by atoms with Crippen LogP contribution in [0, 0.1) is 0 Å². The summed E-state index contributed by atoms with van der Waals surface area (Å²) in [6.07, 6.45) is 3.07. The Kier molecular flexibility index (Phi) is 5.42. The van der Waals surface area contributed by atoms with E-state index in [0.29, 0.717) is 0 Å². The van der Waals surface area contributed by atoms with Crippen molar-refractivity contribution in [2.75, 3.05) is 13.7 Å². The Morgan fingerprint density at radius 1 is 0.839 bits per heavy atom. The molecule has 1 aromatic heterocycles. The van der Waals surface area contributed by atoms with Gasteiger partial charge in [-0.1, -0.05) is 60.7 Å². The van der Waals surface area contributed by atoms with E-state index in [4.69, 9.17) is 4.74 Å². The number of hydrogen-bond acceptors (Lipinski definition) is 2. The first-order chi connectivity index (χ1) is 15.3. The zero-order chi connectivity index (χ0) is 21.0. The van der Waals surface area contributed by atoms with E-state index in [0.717, 1.165) is 30.8 Å². The molecule has 0 unspecified atom stereocenters. The van der Waals surface area contributed by atoms with E-state index in [1.54, 1.807) is 7.11 Å². The number of nitrogens with one attached hydrogen (secondary N) is 2. The van der Waals surface area contributed by atoms with Crippen molar-refractivity contribution in [1.82, 2.24) is 10.3 Å². The van der Waals surface area contributed by atoms with Crippen LogP contribution >= 0.6 is 0 Å². The number of aromatic nitrogens is 1. The highest BCUT2D eigenvalue weighted by Gasteiger charge is 2.06. The molecule has 0 amide bonds. The van der Waals surface area contributed by atoms with Gasteiger partial charge in [0.05, 0.1) is 7.11 Å². The molecule has 0 saturated carbocycles. The van der Waals surface area contributed by atoms with Crippen LogP contribution in [0.5, 0.6) is 5.75 Å². The first kappa shape index (κ1) is 19.4. The van der Waals surface area contributed by atoms with Crippen molar-refractivity contribution >= 4 is 21.7 Å². The van der Waals surface area contributed by atoms with E-state index >= 15 is 0 Å². The molecule has 0 radical (unpaired) electrons. The molecule has 1 heterocycles. The summed E-state index contributed by atoms with van der Waals surface area (Å²) in [5, 5.41) is 7.41. The lowest BCUT2D eigenvalue weighted by Crippen LogP contribution is -2.16. The van der Waals surface area contributed by atoms with Crippen LogP contribution in [0.4, 0.5) is 0 Å². The molecule has 0 bridgehead atoms. The average Bonchev–Trinajstić information content (AvgIpc) is 3.23. The Balaban J connectivity index is 1.27. The van der Waals surface area contributed by atoms with E-state index in [1.807, 2.05) is 6.07 Å². The average molecular weight is 407 g/mol. The molecule has 0 fully saturated rings. The van der Waals surface area contributed by atoms with Gasteiger partial charge in [0, 0.05) is 23.6 Å². The molecular weight excluding hydrogens is 380 g/mol. The summed E-state index contributed by atoms with van der Waals surface area (Å²) in [4.78, 5) is 3.35. The number of methoxy groups -OCH3 is 1. The summed E-state index contributed by atoms with van der Waals surface area (Å²) < 4.78 is 5.38. The normalized spacial score (nSPS) is 11.3. The number of H-pyrrole nitrogens is 1. The van der Waals surface area contributed by atoms with Crippen LogP contribution in [0.3, 0.4) is 0 Å². The van der Waals surface area contributed by atoms with Gasteiger partial charge in [0.2, 0.25) is 0 Å². The van der Waals surface area contributed by atoms with E-state index in [2.05, 4.69) is 95.4 Å². The highest BCUT2D eigenvalue weighted by molar-refractivity contribution is 5.96. The topological polar surface area (TPSA) is 37.0 Å². The van der Waals surface area contributed by atoms with E-state index < -0.39 is 0 Å². The molecule has 154 valence electrons. The lowest BCUT2D eigenvalue weighted by atomic mass is 9.97. The minimum atomic E-state index is 0.851. The number of hydrogen-bond donors (Lipinski definition) is 2. The monoisotopic (exact) mass is 406 g/mol. The van der Waals surface area contributed by atoms with Crippen LogP contribution in [-0.2, 0) is 13.0 Å². The predicted molar refractivity (Wildman–Crippen MR) is 130 cm³/mol. The van der Waals surface area contributed by atoms with Gasteiger partial charge in [-0.3, -0.25) is 0 Å². The SMILES string of the molecule is COc1ccc2[nH]cc(CCNCc3cccc(-c4cccc5ccccc45)c3)c2c1. The van der Waals surface area contributed by atoms with Gasteiger partial charge >= 0.3 is 0 Å². The fourth-order valence-electron chi connectivity index (χ4n) is 4.27. The zero-order valence-corrected chi connectivity index (χ0v) is 17.7. The Morgan fingerprint density at radius 3 is 2.65 bits per heavy atom. The van der Waals surface area contributed by atoms with Crippen molar-refractivity contribution in [3.63, 3.8) is 0 Å². The van der Waals surface area contributed by atoms with Crippen LogP contribution in [0.1, 0.15) is 11.1 Å². The van der Waals surface area contributed by atoms with Gasteiger partial charge in [-0.25, -0.2) is 0 Å². The standard InChI is InChI=1S/C28H26N2O/c1-31-24-12-13-28-27(17-24)23(19-30-28)14-15-29-18-20-6-4-9-22(16-20)26-11-5-8-21-7-2-3-10-25(21)26/h2-13,16-17,19,29-30H,14-15,18H2,1H3. The third-order valence-corrected chi connectivity index (χ3v) is 5.90.